The quantitative estimate of drug-likeness (QED) is 0.162. The summed E-state index contributed by atoms with van der Waals surface area (Å²) in [5.74, 6) is -0.552. The molecule has 2 unspecified atom stereocenters. The number of benzene rings is 2. The highest BCUT2D eigenvalue weighted by Crippen LogP contribution is 2.27. The Hall–Kier alpha value is -3.83. The molecule has 3 heterocycles. The van der Waals surface area contributed by atoms with Crippen molar-refractivity contribution in [3.05, 3.63) is 65.2 Å². The topological polar surface area (TPSA) is 145 Å². The summed E-state index contributed by atoms with van der Waals surface area (Å²) in [7, 11) is 1.76. The first-order chi connectivity index (χ1) is 20.3. The molecule has 2 aromatic carbocycles. The number of carbonyl (C=O) groups is 3. The summed E-state index contributed by atoms with van der Waals surface area (Å²) in [6.07, 6.45) is 3.94. The van der Waals surface area contributed by atoms with Crippen LogP contribution in [-0.4, -0.2) is 83.1 Å². The van der Waals surface area contributed by atoms with Gasteiger partial charge in [-0.3, -0.25) is 19.8 Å². The van der Waals surface area contributed by atoms with Crippen molar-refractivity contribution >= 4 is 45.1 Å². The second-order valence-electron chi connectivity index (χ2n) is 11.2. The summed E-state index contributed by atoms with van der Waals surface area (Å²) < 4.78 is 0.912. The molecule has 2 saturated heterocycles. The Morgan fingerprint density at radius 2 is 1.79 bits per heavy atom. The number of ketones is 1. The third-order valence-electron chi connectivity index (χ3n) is 8.33. The summed E-state index contributed by atoms with van der Waals surface area (Å²) in [5, 5.41) is 14.4. The molecule has 1 aromatic heterocycles. The minimum absolute atomic E-state index is 0.0208. The largest absolute Gasteiger partial charge is 0.370 e. The molecule has 4 atom stereocenters. The van der Waals surface area contributed by atoms with E-state index >= 15 is 0 Å². The number of nitrogens with one attached hydrogen (secondary N) is 3. The minimum atomic E-state index is -0.795. The average Bonchev–Trinajstić information content (AvgIpc) is 3.67. The third kappa shape index (κ3) is 6.79. The van der Waals surface area contributed by atoms with Crippen LogP contribution in [0.25, 0.3) is 10.2 Å². The number of likely N-dealkylation sites (tertiary alicyclic amines) is 2. The standard InChI is InChI=1S/C31H39N7O3S/c1-34-24(17-20-9-3-2-4-10-20)30(41)38-16-8-13-25(38)28(40)35-23(18-21-11-7-15-37(19-21)31(32)33)27(39)29-36-22-12-5-6-14-26(22)42-29/h2-6,9-10,12,14,21,23-25,34H,7-8,11,13,15-19H2,1H3,(H3,32,33)(H,35,40)/t21?,23?,24-,25+/m1/s1. The van der Waals surface area contributed by atoms with Crippen molar-refractivity contribution in [3.8, 4) is 0 Å². The zero-order valence-electron chi connectivity index (χ0n) is 23.9. The number of rotatable bonds is 10. The molecule has 2 amide bonds. The molecule has 0 aliphatic carbocycles. The molecule has 3 aromatic rings. The zero-order chi connectivity index (χ0) is 29.6. The van der Waals surface area contributed by atoms with Crippen LogP contribution in [0.4, 0.5) is 0 Å². The SMILES string of the molecule is CN[C@H](Cc1ccccc1)C(=O)N1CCC[C@H]1C(=O)NC(CC1CCCN(C(=N)N)C1)C(=O)c1nc2ccccc2s1. The fourth-order valence-electron chi connectivity index (χ4n) is 6.10. The van der Waals surface area contributed by atoms with Gasteiger partial charge in [0.15, 0.2) is 11.0 Å². The first-order valence-electron chi connectivity index (χ1n) is 14.6. The molecule has 0 radical (unpaired) electrons. The van der Waals surface area contributed by atoms with Gasteiger partial charge in [0.2, 0.25) is 17.6 Å². The van der Waals surface area contributed by atoms with Crippen molar-refractivity contribution in [2.75, 3.05) is 26.7 Å². The Labute approximate surface area is 250 Å². The first kappa shape index (κ1) is 29.7. The number of Topliss-reactive ketones (excluding diaryl/α,β-unsaturated/α-hetero) is 1. The number of guanidine groups is 1. The van der Waals surface area contributed by atoms with Crippen LogP contribution in [-0.2, 0) is 16.0 Å². The molecular weight excluding hydrogens is 550 g/mol. The number of nitrogens with two attached hydrogens (primary N) is 1. The lowest BCUT2D eigenvalue weighted by Gasteiger charge is -2.35. The van der Waals surface area contributed by atoms with Crippen LogP contribution in [0.5, 0.6) is 0 Å². The zero-order valence-corrected chi connectivity index (χ0v) is 24.7. The Morgan fingerprint density at radius 3 is 2.52 bits per heavy atom. The molecular formula is C31H39N7O3S. The molecule has 222 valence electrons. The molecule has 42 heavy (non-hydrogen) atoms. The second kappa shape index (κ2) is 13.4. The monoisotopic (exact) mass is 589 g/mol. The van der Waals surface area contributed by atoms with E-state index in [0.717, 1.165) is 35.0 Å². The van der Waals surface area contributed by atoms with Crippen LogP contribution in [0.2, 0.25) is 0 Å². The van der Waals surface area contributed by atoms with Gasteiger partial charge in [-0.1, -0.05) is 42.5 Å². The Bertz CT molecular complexity index is 1400. The molecule has 2 fully saturated rings. The molecule has 10 nitrogen and oxygen atoms in total. The average molecular weight is 590 g/mol. The minimum Gasteiger partial charge on any atom is -0.370 e. The van der Waals surface area contributed by atoms with Crippen LogP contribution in [0.1, 0.15) is 47.5 Å². The number of piperidine rings is 1. The van der Waals surface area contributed by atoms with E-state index in [0.29, 0.717) is 43.9 Å². The number of hydrogen-bond acceptors (Lipinski definition) is 7. The smallest absolute Gasteiger partial charge is 0.243 e. The van der Waals surface area contributed by atoms with Crippen molar-refractivity contribution in [1.82, 2.24) is 25.4 Å². The van der Waals surface area contributed by atoms with Crippen LogP contribution in [0.15, 0.2) is 54.6 Å². The number of para-hydroxylation sites is 1. The van der Waals surface area contributed by atoms with Gasteiger partial charge in [-0.2, -0.15) is 0 Å². The van der Waals surface area contributed by atoms with Gasteiger partial charge in [0.05, 0.1) is 22.3 Å². The lowest BCUT2D eigenvalue weighted by Crippen LogP contribution is -2.55. The maximum atomic E-state index is 13.9. The highest BCUT2D eigenvalue weighted by atomic mass is 32.1. The molecule has 2 aliphatic heterocycles. The van der Waals surface area contributed by atoms with E-state index in [2.05, 4.69) is 15.6 Å². The van der Waals surface area contributed by atoms with E-state index in [1.165, 1.54) is 11.3 Å². The number of hydrogen-bond donors (Lipinski definition) is 4. The van der Waals surface area contributed by atoms with Gasteiger partial charge in [0, 0.05) is 19.6 Å². The summed E-state index contributed by atoms with van der Waals surface area (Å²) in [4.78, 5) is 49.4. The van der Waals surface area contributed by atoms with Gasteiger partial charge in [-0.15, -0.1) is 11.3 Å². The highest BCUT2D eigenvalue weighted by Gasteiger charge is 2.39. The Morgan fingerprint density at radius 1 is 1.05 bits per heavy atom. The summed E-state index contributed by atoms with van der Waals surface area (Å²) in [5.41, 5.74) is 7.56. The second-order valence-corrected chi connectivity index (χ2v) is 12.2. The number of amides is 2. The van der Waals surface area contributed by atoms with E-state index in [-0.39, 0.29) is 29.5 Å². The summed E-state index contributed by atoms with van der Waals surface area (Å²) in [6, 6.07) is 15.5. The number of thiazole rings is 1. The summed E-state index contributed by atoms with van der Waals surface area (Å²) >= 11 is 1.32. The van der Waals surface area contributed by atoms with Gasteiger partial charge in [0.25, 0.3) is 0 Å². The fourth-order valence-corrected chi connectivity index (χ4v) is 7.06. The predicted octanol–water partition coefficient (Wildman–Crippen LogP) is 2.78. The third-order valence-corrected chi connectivity index (χ3v) is 9.39. The van der Waals surface area contributed by atoms with E-state index in [1.807, 2.05) is 59.5 Å². The van der Waals surface area contributed by atoms with Gasteiger partial charge in [0.1, 0.15) is 6.04 Å². The molecule has 11 heteroatoms. The maximum Gasteiger partial charge on any atom is 0.243 e. The number of aromatic nitrogens is 1. The number of carbonyl (C=O) groups excluding carboxylic acids is 3. The van der Waals surface area contributed by atoms with Crippen molar-refractivity contribution in [2.24, 2.45) is 11.7 Å². The van der Waals surface area contributed by atoms with Crippen LogP contribution in [0, 0.1) is 11.3 Å². The van der Waals surface area contributed by atoms with Gasteiger partial charge >= 0.3 is 0 Å². The number of likely N-dealkylation sites (N-methyl/N-ethyl adjacent to an activating group) is 1. The van der Waals surface area contributed by atoms with Crippen molar-refractivity contribution in [1.29, 1.82) is 5.41 Å². The van der Waals surface area contributed by atoms with E-state index < -0.39 is 18.1 Å². The molecule has 0 spiro atoms. The Balaban J connectivity index is 1.33. The van der Waals surface area contributed by atoms with Gasteiger partial charge in [-0.05, 0) is 69.2 Å². The number of fused-ring (bicyclic) bond motifs is 1. The Kier molecular flexibility index (Phi) is 9.48. The van der Waals surface area contributed by atoms with Crippen molar-refractivity contribution < 1.29 is 14.4 Å². The van der Waals surface area contributed by atoms with E-state index in [9.17, 15) is 14.4 Å². The fraction of sp³-hybridized carbons (Fsp3) is 0.452. The van der Waals surface area contributed by atoms with E-state index in [1.54, 1.807) is 11.9 Å². The lowest BCUT2D eigenvalue weighted by molar-refractivity contribution is -0.140. The number of nitrogens with zero attached hydrogens (tertiary/aromatic N) is 3. The first-order valence-corrected chi connectivity index (χ1v) is 15.5. The van der Waals surface area contributed by atoms with Crippen molar-refractivity contribution in [3.63, 3.8) is 0 Å². The lowest BCUT2D eigenvalue weighted by atomic mass is 9.89. The maximum absolute atomic E-state index is 13.9. The molecule has 5 rings (SSSR count). The van der Waals surface area contributed by atoms with Crippen LogP contribution < -0.4 is 16.4 Å². The molecule has 5 N–H and O–H groups in total. The summed E-state index contributed by atoms with van der Waals surface area (Å²) in [6.45, 7) is 1.77. The van der Waals surface area contributed by atoms with Gasteiger partial charge < -0.3 is 26.2 Å². The normalized spacial score (nSPS) is 20.3. The van der Waals surface area contributed by atoms with E-state index in [4.69, 9.17) is 11.1 Å². The van der Waals surface area contributed by atoms with Crippen LogP contribution >= 0.6 is 11.3 Å². The highest BCUT2D eigenvalue weighted by molar-refractivity contribution is 7.20. The van der Waals surface area contributed by atoms with Crippen molar-refractivity contribution in [2.45, 2.75) is 56.7 Å². The molecule has 0 bridgehead atoms. The molecule has 2 aliphatic rings. The molecule has 0 saturated carbocycles. The predicted molar refractivity (Wildman–Crippen MR) is 164 cm³/mol. The van der Waals surface area contributed by atoms with Crippen LogP contribution in [0.3, 0.4) is 0 Å². The van der Waals surface area contributed by atoms with Gasteiger partial charge in [-0.25, -0.2) is 4.98 Å².